The minimum absolute atomic E-state index is 0.0377. The molecule has 1 N–H and O–H groups in total. The zero-order valence-corrected chi connectivity index (χ0v) is 6.97. The summed E-state index contributed by atoms with van der Waals surface area (Å²) in [6.07, 6.45) is 8.68. The first-order chi connectivity index (χ1) is 6.22. The molecule has 13 heavy (non-hydrogen) atoms. The van der Waals surface area contributed by atoms with Gasteiger partial charge in [0.05, 0.1) is 6.07 Å². The van der Waals surface area contributed by atoms with Crippen molar-refractivity contribution in [2.75, 3.05) is 0 Å². The van der Waals surface area contributed by atoms with Gasteiger partial charge in [-0.05, 0) is 12.5 Å². The molecule has 0 aliphatic heterocycles. The van der Waals surface area contributed by atoms with Gasteiger partial charge in [-0.2, -0.15) is 5.26 Å². The van der Waals surface area contributed by atoms with Crippen molar-refractivity contribution in [3.05, 3.63) is 36.0 Å². The molecule has 1 aliphatic rings. The van der Waals surface area contributed by atoms with Gasteiger partial charge in [0.15, 0.2) is 0 Å². The molecule has 3 nitrogen and oxygen atoms in total. The van der Waals surface area contributed by atoms with Gasteiger partial charge in [0, 0.05) is 17.6 Å². The Balaban J connectivity index is 2.59. The van der Waals surface area contributed by atoms with E-state index in [1.807, 2.05) is 6.08 Å². The van der Waals surface area contributed by atoms with Crippen molar-refractivity contribution >= 4 is 5.97 Å². The van der Waals surface area contributed by atoms with Gasteiger partial charge < -0.3 is 5.11 Å². The van der Waals surface area contributed by atoms with E-state index >= 15 is 0 Å². The lowest BCUT2D eigenvalue weighted by atomic mass is 9.95. The Hall–Kier alpha value is -1.82. The highest BCUT2D eigenvalue weighted by molar-refractivity contribution is 5.79. The highest BCUT2D eigenvalue weighted by Gasteiger charge is 2.07. The van der Waals surface area contributed by atoms with Crippen LogP contribution in [-0.2, 0) is 4.79 Å². The smallest absolute Gasteiger partial charge is 0.327 e. The van der Waals surface area contributed by atoms with Crippen LogP contribution in [0.5, 0.6) is 0 Å². The fourth-order valence-electron chi connectivity index (χ4n) is 1.13. The maximum Gasteiger partial charge on any atom is 0.327 e. The van der Waals surface area contributed by atoms with E-state index in [4.69, 9.17) is 10.4 Å². The third kappa shape index (κ3) is 2.96. The van der Waals surface area contributed by atoms with Crippen molar-refractivity contribution in [1.29, 1.82) is 5.26 Å². The molecule has 0 aromatic carbocycles. The molecule has 66 valence electrons. The molecule has 1 aliphatic carbocycles. The van der Waals surface area contributed by atoms with E-state index in [-0.39, 0.29) is 5.92 Å². The molecule has 1 rings (SSSR count). The topological polar surface area (TPSA) is 61.1 Å². The van der Waals surface area contributed by atoms with Crippen molar-refractivity contribution < 1.29 is 9.90 Å². The summed E-state index contributed by atoms with van der Waals surface area (Å²) in [5.74, 6) is -0.919. The number of hydrogen-bond acceptors (Lipinski definition) is 2. The summed E-state index contributed by atoms with van der Waals surface area (Å²) in [6.45, 7) is 0. The van der Waals surface area contributed by atoms with Crippen LogP contribution in [-0.4, -0.2) is 11.1 Å². The van der Waals surface area contributed by atoms with E-state index < -0.39 is 5.97 Å². The van der Waals surface area contributed by atoms with Crippen LogP contribution in [0.25, 0.3) is 0 Å². The van der Waals surface area contributed by atoms with E-state index in [2.05, 4.69) is 6.07 Å². The number of aliphatic carboxylic acids is 1. The molecular weight excluding hydrogens is 166 g/mol. The van der Waals surface area contributed by atoms with Crippen LogP contribution in [0.15, 0.2) is 36.0 Å². The van der Waals surface area contributed by atoms with Crippen LogP contribution < -0.4 is 0 Å². The monoisotopic (exact) mass is 175 g/mol. The highest BCUT2D eigenvalue weighted by Crippen LogP contribution is 2.18. The van der Waals surface area contributed by atoms with Crippen molar-refractivity contribution in [2.24, 2.45) is 5.92 Å². The Morgan fingerprint density at radius 3 is 3.15 bits per heavy atom. The van der Waals surface area contributed by atoms with Crippen LogP contribution in [0.1, 0.15) is 6.42 Å². The summed E-state index contributed by atoms with van der Waals surface area (Å²) >= 11 is 0. The lowest BCUT2D eigenvalue weighted by molar-refractivity contribution is -0.131. The number of nitriles is 1. The molecule has 1 atom stereocenters. The summed E-state index contributed by atoms with van der Waals surface area (Å²) in [7, 11) is 0. The van der Waals surface area contributed by atoms with Gasteiger partial charge in [0.1, 0.15) is 0 Å². The quantitative estimate of drug-likeness (QED) is 0.649. The summed E-state index contributed by atoms with van der Waals surface area (Å²) in [6, 6.07) is 2.05. The zero-order valence-electron chi connectivity index (χ0n) is 6.97. The second kappa shape index (κ2) is 4.27. The van der Waals surface area contributed by atoms with Crippen molar-refractivity contribution in [2.45, 2.75) is 6.42 Å². The molecule has 0 bridgehead atoms. The minimum atomic E-state index is -0.957. The molecule has 0 saturated carbocycles. The first-order valence-corrected chi connectivity index (χ1v) is 3.91. The molecule has 0 amide bonds. The molecule has 0 saturated heterocycles. The molecule has 3 heteroatoms. The summed E-state index contributed by atoms with van der Waals surface area (Å²) in [5.41, 5.74) is 0.683. The van der Waals surface area contributed by atoms with Crippen LogP contribution in [0.4, 0.5) is 0 Å². The molecule has 0 fully saturated rings. The number of carboxylic acids is 1. The third-order valence-corrected chi connectivity index (χ3v) is 1.74. The Kier molecular flexibility index (Phi) is 3.04. The van der Waals surface area contributed by atoms with E-state index in [1.165, 1.54) is 0 Å². The normalized spacial score (nSPS) is 21.2. The van der Waals surface area contributed by atoms with Crippen LogP contribution in [0, 0.1) is 17.2 Å². The standard InChI is InChI=1S/C10H9NO2/c11-7-9-3-1-2-8(6-9)4-5-10(12)13/h1-5,8H,6H2,(H,12,13). The van der Waals surface area contributed by atoms with Gasteiger partial charge >= 0.3 is 5.97 Å². The maximum absolute atomic E-state index is 10.2. The number of carbonyl (C=O) groups is 1. The van der Waals surface area contributed by atoms with Gasteiger partial charge in [-0.25, -0.2) is 4.79 Å². The van der Waals surface area contributed by atoms with Crippen LogP contribution in [0.3, 0.4) is 0 Å². The van der Waals surface area contributed by atoms with E-state index in [9.17, 15) is 4.79 Å². The molecule has 0 aromatic rings. The second-order valence-corrected chi connectivity index (χ2v) is 2.75. The summed E-state index contributed by atoms with van der Waals surface area (Å²) in [5, 5.41) is 17.0. The van der Waals surface area contributed by atoms with E-state index in [1.54, 1.807) is 18.2 Å². The van der Waals surface area contributed by atoms with Crippen LogP contribution in [0.2, 0.25) is 0 Å². The Labute approximate surface area is 76.3 Å². The Morgan fingerprint density at radius 1 is 1.77 bits per heavy atom. The molecule has 0 radical (unpaired) electrons. The molecular formula is C10H9NO2. The lowest BCUT2D eigenvalue weighted by Crippen LogP contribution is -1.99. The van der Waals surface area contributed by atoms with Gasteiger partial charge in [0.2, 0.25) is 0 Å². The largest absolute Gasteiger partial charge is 0.478 e. The fourth-order valence-corrected chi connectivity index (χ4v) is 1.13. The number of hydrogen-bond donors (Lipinski definition) is 1. The van der Waals surface area contributed by atoms with Gasteiger partial charge in [-0.15, -0.1) is 0 Å². The summed E-state index contributed by atoms with van der Waals surface area (Å²) in [4.78, 5) is 10.2. The number of allylic oxidation sites excluding steroid dienone is 5. The van der Waals surface area contributed by atoms with Gasteiger partial charge in [0.25, 0.3) is 0 Å². The average Bonchev–Trinajstić information content (AvgIpc) is 2.15. The summed E-state index contributed by atoms with van der Waals surface area (Å²) < 4.78 is 0. The highest BCUT2D eigenvalue weighted by atomic mass is 16.4. The van der Waals surface area contributed by atoms with Crippen LogP contribution >= 0.6 is 0 Å². The van der Waals surface area contributed by atoms with E-state index in [0.29, 0.717) is 12.0 Å². The van der Waals surface area contributed by atoms with Gasteiger partial charge in [-0.1, -0.05) is 18.2 Å². The number of rotatable bonds is 2. The van der Waals surface area contributed by atoms with Gasteiger partial charge in [-0.3, -0.25) is 0 Å². The number of carboxylic acid groups (broad SMARTS) is 1. The predicted molar refractivity (Wildman–Crippen MR) is 47.7 cm³/mol. The van der Waals surface area contributed by atoms with E-state index in [0.717, 1.165) is 6.08 Å². The Morgan fingerprint density at radius 2 is 2.54 bits per heavy atom. The first kappa shape index (κ1) is 9.27. The minimum Gasteiger partial charge on any atom is -0.478 e. The molecule has 0 heterocycles. The predicted octanol–water partition coefficient (Wildman–Crippen LogP) is 1.65. The lowest BCUT2D eigenvalue weighted by Gasteiger charge is -2.09. The average molecular weight is 175 g/mol. The molecule has 1 unspecified atom stereocenters. The second-order valence-electron chi connectivity index (χ2n) is 2.75. The zero-order chi connectivity index (χ0) is 9.68. The Bertz CT molecular complexity index is 331. The number of nitrogens with zero attached hydrogens (tertiary/aromatic N) is 1. The van der Waals surface area contributed by atoms with Crippen molar-refractivity contribution in [1.82, 2.24) is 0 Å². The third-order valence-electron chi connectivity index (χ3n) is 1.74. The van der Waals surface area contributed by atoms with Crippen molar-refractivity contribution in [3.63, 3.8) is 0 Å². The molecule has 0 aromatic heterocycles. The van der Waals surface area contributed by atoms with Crippen molar-refractivity contribution in [3.8, 4) is 6.07 Å². The maximum atomic E-state index is 10.2. The first-order valence-electron chi connectivity index (χ1n) is 3.91. The fraction of sp³-hybridized carbons (Fsp3) is 0.200. The molecule has 0 spiro atoms. The SMILES string of the molecule is N#CC1=CC=CC(C=CC(=O)O)C1.